The number of methoxy groups -OCH3 is 1. The second kappa shape index (κ2) is 5.56. The summed E-state index contributed by atoms with van der Waals surface area (Å²) < 4.78 is 4.48. The number of carbonyl (C=O) groups excluding carboxylic acids is 1. The molecule has 0 atom stereocenters. The van der Waals surface area contributed by atoms with Gasteiger partial charge in [-0.05, 0) is 12.1 Å². The van der Waals surface area contributed by atoms with Crippen LogP contribution in [-0.4, -0.2) is 20.1 Å². The molecule has 82 valence electrons. The summed E-state index contributed by atoms with van der Waals surface area (Å²) in [5, 5.41) is 8.78. The summed E-state index contributed by atoms with van der Waals surface area (Å²) in [6, 6.07) is 11.2. The van der Waals surface area contributed by atoms with Gasteiger partial charge in [0.2, 0.25) is 0 Å². The van der Waals surface area contributed by atoms with Crippen molar-refractivity contribution in [2.75, 3.05) is 19.1 Å². The van der Waals surface area contributed by atoms with Crippen LogP contribution in [0.3, 0.4) is 0 Å². The Labute approximate surface area is 94.4 Å². The summed E-state index contributed by atoms with van der Waals surface area (Å²) in [4.78, 5) is 12.9. The minimum Gasteiger partial charge on any atom is -0.465 e. The van der Waals surface area contributed by atoms with E-state index in [2.05, 4.69) is 4.74 Å². The van der Waals surface area contributed by atoms with Gasteiger partial charge in [0, 0.05) is 18.9 Å². The Morgan fingerprint density at radius 2 is 2.06 bits per heavy atom. The van der Waals surface area contributed by atoms with E-state index in [1.807, 2.05) is 30.3 Å². The van der Waals surface area contributed by atoms with Crippen molar-refractivity contribution in [1.82, 2.24) is 0 Å². The van der Waals surface area contributed by atoms with Gasteiger partial charge in [-0.25, -0.2) is 4.79 Å². The molecule has 0 aromatic heterocycles. The minimum absolute atomic E-state index is 0.0335. The predicted molar refractivity (Wildman–Crippen MR) is 60.6 cm³/mol. The molecule has 0 saturated heterocycles. The lowest BCUT2D eigenvalue weighted by molar-refractivity contribution is -0.135. The van der Waals surface area contributed by atoms with Crippen molar-refractivity contribution >= 4 is 11.7 Å². The van der Waals surface area contributed by atoms with Crippen LogP contribution in [0.2, 0.25) is 0 Å². The van der Waals surface area contributed by atoms with E-state index in [1.165, 1.54) is 13.3 Å². The minimum atomic E-state index is -0.634. The van der Waals surface area contributed by atoms with Crippen molar-refractivity contribution in [2.45, 2.75) is 0 Å². The zero-order chi connectivity index (χ0) is 12.0. The van der Waals surface area contributed by atoms with Crippen molar-refractivity contribution in [2.24, 2.45) is 0 Å². The molecule has 0 radical (unpaired) electrons. The van der Waals surface area contributed by atoms with Crippen LogP contribution in [-0.2, 0) is 9.53 Å². The number of rotatable bonds is 3. The number of nitriles is 1. The van der Waals surface area contributed by atoms with Gasteiger partial charge in [-0.1, -0.05) is 18.2 Å². The standard InChI is InChI=1S/C12H12N2O2/c1-14(11-6-4-3-5-7-11)9-10(8-13)12(15)16-2/h3-7,9H,1-2H3/b10-9+. The molecule has 1 aromatic carbocycles. The maximum absolute atomic E-state index is 11.2. The summed E-state index contributed by atoms with van der Waals surface area (Å²) in [6.45, 7) is 0. The van der Waals surface area contributed by atoms with Crippen LogP contribution in [0, 0.1) is 11.3 Å². The van der Waals surface area contributed by atoms with Gasteiger partial charge < -0.3 is 9.64 Å². The monoisotopic (exact) mass is 216 g/mol. The van der Waals surface area contributed by atoms with E-state index in [-0.39, 0.29) is 5.57 Å². The molecule has 0 aliphatic carbocycles. The predicted octanol–water partition coefficient (Wildman–Crippen LogP) is 1.70. The number of ether oxygens (including phenoxy) is 1. The first-order valence-corrected chi connectivity index (χ1v) is 4.67. The maximum Gasteiger partial charge on any atom is 0.350 e. The largest absolute Gasteiger partial charge is 0.465 e. The highest BCUT2D eigenvalue weighted by Crippen LogP contribution is 2.12. The van der Waals surface area contributed by atoms with Crippen LogP contribution in [0.5, 0.6) is 0 Å². The third-order valence-electron chi connectivity index (χ3n) is 2.01. The van der Waals surface area contributed by atoms with Gasteiger partial charge in [0.05, 0.1) is 7.11 Å². The molecule has 0 aliphatic heterocycles. The molecule has 0 unspecified atom stereocenters. The molecule has 0 spiro atoms. The van der Waals surface area contributed by atoms with Crippen LogP contribution < -0.4 is 4.90 Å². The zero-order valence-electron chi connectivity index (χ0n) is 9.18. The SMILES string of the molecule is COC(=O)/C(C#N)=C/N(C)c1ccccc1. The first-order valence-electron chi connectivity index (χ1n) is 4.67. The van der Waals surface area contributed by atoms with Gasteiger partial charge in [0.25, 0.3) is 0 Å². The van der Waals surface area contributed by atoms with Gasteiger partial charge in [-0.2, -0.15) is 5.26 Å². The number of hydrogen-bond acceptors (Lipinski definition) is 4. The van der Waals surface area contributed by atoms with Crippen molar-refractivity contribution in [3.8, 4) is 6.07 Å². The van der Waals surface area contributed by atoms with Gasteiger partial charge >= 0.3 is 5.97 Å². The molecule has 1 rings (SSSR count). The molecule has 4 heteroatoms. The van der Waals surface area contributed by atoms with E-state index in [9.17, 15) is 4.79 Å². The average Bonchev–Trinajstić information content (AvgIpc) is 2.35. The summed E-state index contributed by atoms with van der Waals surface area (Å²) in [7, 11) is 3.01. The Balaban J connectivity index is 2.91. The fraction of sp³-hybridized carbons (Fsp3) is 0.167. The Hall–Kier alpha value is -2.28. The first-order chi connectivity index (χ1) is 7.69. The number of benzene rings is 1. The normalized spacial score (nSPS) is 10.4. The van der Waals surface area contributed by atoms with Gasteiger partial charge in [-0.3, -0.25) is 0 Å². The van der Waals surface area contributed by atoms with Crippen molar-refractivity contribution in [1.29, 1.82) is 5.26 Å². The quantitative estimate of drug-likeness (QED) is 0.438. The first kappa shape index (κ1) is 11.8. The number of carbonyl (C=O) groups is 1. The average molecular weight is 216 g/mol. The van der Waals surface area contributed by atoms with Crippen LogP contribution in [0.1, 0.15) is 0 Å². The molecular weight excluding hydrogens is 204 g/mol. The lowest BCUT2D eigenvalue weighted by atomic mass is 10.3. The van der Waals surface area contributed by atoms with E-state index in [4.69, 9.17) is 5.26 Å². The fourth-order valence-corrected chi connectivity index (χ4v) is 1.17. The van der Waals surface area contributed by atoms with Gasteiger partial charge in [-0.15, -0.1) is 0 Å². The topological polar surface area (TPSA) is 53.3 Å². The molecule has 0 aliphatic rings. The van der Waals surface area contributed by atoms with Gasteiger partial charge in [0.1, 0.15) is 6.07 Å². The van der Waals surface area contributed by atoms with Crippen LogP contribution in [0.25, 0.3) is 0 Å². The van der Waals surface area contributed by atoms with Crippen molar-refractivity contribution in [3.63, 3.8) is 0 Å². The van der Waals surface area contributed by atoms with E-state index in [0.29, 0.717) is 0 Å². The van der Waals surface area contributed by atoms with E-state index in [1.54, 1.807) is 18.0 Å². The number of anilines is 1. The molecule has 0 heterocycles. The number of esters is 1. The van der Waals surface area contributed by atoms with Crippen LogP contribution in [0.4, 0.5) is 5.69 Å². The Morgan fingerprint density at radius 1 is 1.44 bits per heavy atom. The number of para-hydroxylation sites is 1. The number of nitrogens with zero attached hydrogens (tertiary/aromatic N) is 2. The van der Waals surface area contributed by atoms with Crippen molar-refractivity contribution < 1.29 is 9.53 Å². The third kappa shape index (κ3) is 2.85. The molecule has 16 heavy (non-hydrogen) atoms. The molecule has 0 fully saturated rings. The molecule has 0 N–H and O–H groups in total. The second-order valence-corrected chi connectivity index (χ2v) is 3.09. The molecule has 0 saturated carbocycles. The van der Waals surface area contributed by atoms with E-state index < -0.39 is 5.97 Å². The molecule has 0 bridgehead atoms. The van der Waals surface area contributed by atoms with E-state index >= 15 is 0 Å². The fourth-order valence-electron chi connectivity index (χ4n) is 1.17. The van der Waals surface area contributed by atoms with Crippen molar-refractivity contribution in [3.05, 3.63) is 42.1 Å². The molecule has 1 aromatic rings. The second-order valence-electron chi connectivity index (χ2n) is 3.09. The van der Waals surface area contributed by atoms with Crippen LogP contribution >= 0.6 is 0 Å². The zero-order valence-corrected chi connectivity index (χ0v) is 9.18. The summed E-state index contributed by atoms with van der Waals surface area (Å²) >= 11 is 0. The summed E-state index contributed by atoms with van der Waals surface area (Å²) in [5.41, 5.74) is 0.855. The molecule has 4 nitrogen and oxygen atoms in total. The summed E-state index contributed by atoms with van der Waals surface area (Å²) in [5.74, 6) is -0.634. The Kier molecular flexibility index (Phi) is 4.10. The lowest BCUT2D eigenvalue weighted by Crippen LogP contribution is -2.13. The lowest BCUT2D eigenvalue weighted by Gasteiger charge is -2.13. The number of hydrogen-bond donors (Lipinski definition) is 0. The van der Waals surface area contributed by atoms with E-state index in [0.717, 1.165) is 5.69 Å². The Morgan fingerprint density at radius 3 is 2.56 bits per heavy atom. The summed E-state index contributed by atoms with van der Waals surface area (Å²) in [6.07, 6.45) is 1.45. The third-order valence-corrected chi connectivity index (χ3v) is 2.01. The van der Waals surface area contributed by atoms with Crippen LogP contribution in [0.15, 0.2) is 42.1 Å². The maximum atomic E-state index is 11.2. The Bertz CT molecular complexity index is 432. The highest BCUT2D eigenvalue weighted by molar-refractivity contribution is 5.93. The van der Waals surface area contributed by atoms with Gasteiger partial charge in [0.15, 0.2) is 5.57 Å². The smallest absolute Gasteiger partial charge is 0.350 e. The highest BCUT2D eigenvalue weighted by atomic mass is 16.5. The molecule has 0 amide bonds. The highest BCUT2D eigenvalue weighted by Gasteiger charge is 2.09. The molecular formula is C12H12N2O2.